The van der Waals surface area contributed by atoms with Crippen molar-refractivity contribution in [3.05, 3.63) is 35.5 Å². The maximum atomic E-state index is 14.0. The molecule has 1 aliphatic heterocycles. The van der Waals surface area contributed by atoms with E-state index in [9.17, 15) is 19.1 Å². The van der Waals surface area contributed by atoms with E-state index >= 15 is 0 Å². The van der Waals surface area contributed by atoms with Crippen LogP contribution in [0.1, 0.15) is 41.9 Å². The van der Waals surface area contributed by atoms with Crippen molar-refractivity contribution in [3.8, 4) is 11.3 Å². The van der Waals surface area contributed by atoms with Crippen LogP contribution in [-0.2, 0) is 4.79 Å². The van der Waals surface area contributed by atoms with E-state index in [0.717, 1.165) is 19.0 Å². The maximum Gasteiger partial charge on any atom is 0.306 e. The van der Waals surface area contributed by atoms with Crippen molar-refractivity contribution < 1.29 is 19.1 Å². The van der Waals surface area contributed by atoms with E-state index in [4.69, 9.17) is 0 Å². The van der Waals surface area contributed by atoms with Crippen molar-refractivity contribution >= 4 is 11.9 Å². The van der Waals surface area contributed by atoms with Crippen molar-refractivity contribution in [2.24, 2.45) is 5.92 Å². The molecule has 2 aliphatic rings. The van der Waals surface area contributed by atoms with Gasteiger partial charge in [-0.05, 0) is 44.7 Å². The molecular weight excluding hydrogens is 339 g/mol. The van der Waals surface area contributed by atoms with Gasteiger partial charge < -0.3 is 10.0 Å². The van der Waals surface area contributed by atoms with Gasteiger partial charge in [0.15, 0.2) is 11.5 Å². The fourth-order valence-electron chi connectivity index (χ4n) is 3.80. The second kappa shape index (κ2) is 5.89. The summed E-state index contributed by atoms with van der Waals surface area (Å²) in [5, 5.41) is 16.0. The predicted octanol–water partition coefficient (Wildman–Crippen LogP) is 2.39. The molecule has 2 aromatic heterocycles. The zero-order valence-electron chi connectivity index (χ0n) is 14.3. The van der Waals surface area contributed by atoms with Gasteiger partial charge in [-0.25, -0.2) is 4.39 Å². The Balaban J connectivity index is 1.58. The quantitative estimate of drug-likeness (QED) is 0.878. The number of aromatic amines is 1. The van der Waals surface area contributed by atoms with E-state index in [2.05, 4.69) is 15.2 Å². The van der Waals surface area contributed by atoms with Crippen LogP contribution in [0.4, 0.5) is 4.39 Å². The number of carbonyl (C=O) groups excluding carboxylic acids is 1. The van der Waals surface area contributed by atoms with Crippen LogP contribution in [0.5, 0.6) is 0 Å². The largest absolute Gasteiger partial charge is 0.481 e. The van der Waals surface area contributed by atoms with E-state index in [-0.39, 0.29) is 17.1 Å². The number of hydrogen-bond acceptors (Lipinski definition) is 4. The second-order valence-corrected chi connectivity index (χ2v) is 7.18. The number of likely N-dealkylation sites (tertiary alicyclic amines) is 1. The standard InChI is InChI=1S/C18H19FN4O3/c1-10-6-12(13(19)9-20-10)14-7-15(22-21-14)16(24)23-5-2-11(17(25)26)8-18(23)3-4-18/h6-7,9,11H,2-5,8H2,1H3,(H,21,22)(H,25,26)/t11-/m1/s1. The highest BCUT2D eigenvalue weighted by Crippen LogP contribution is 2.50. The SMILES string of the molecule is Cc1cc(-c2cc(C(=O)N3CC[C@@H](C(=O)O)CC34CC4)n[nH]2)c(F)cn1. The highest BCUT2D eigenvalue weighted by atomic mass is 19.1. The van der Waals surface area contributed by atoms with E-state index in [0.29, 0.717) is 36.3 Å². The third kappa shape index (κ3) is 2.75. The number of carboxylic acids is 1. The number of H-pyrrole nitrogens is 1. The van der Waals surface area contributed by atoms with Gasteiger partial charge >= 0.3 is 5.97 Å². The lowest BCUT2D eigenvalue weighted by atomic mass is 9.89. The number of pyridine rings is 1. The molecule has 2 aromatic rings. The normalized spacial score (nSPS) is 21.0. The number of piperidine rings is 1. The Labute approximate surface area is 149 Å². The van der Waals surface area contributed by atoms with Gasteiger partial charge in [0, 0.05) is 23.3 Å². The van der Waals surface area contributed by atoms with Gasteiger partial charge in [-0.2, -0.15) is 5.10 Å². The Morgan fingerprint density at radius 2 is 2.15 bits per heavy atom. The molecule has 0 aromatic carbocycles. The molecule has 136 valence electrons. The molecule has 7 nitrogen and oxygen atoms in total. The van der Waals surface area contributed by atoms with Crippen molar-refractivity contribution in [1.29, 1.82) is 0 Å². The summed E-state index contributed by atoms with van der Waals surface area (Å²) in [6.45, 7) is 2.16. The third-order valence-corrected chi connectivity index (χ3v) is 5.40. The van der Waals surface area contributed by atoms with Gasteiger partial charge in [-0.15, -0.1) is 0 Å². The number of nitrogens with one attached hydrogen (secondary N) is 1. The monoisotopic (exact) mass is 358 g/mol. The number of nitrogens with zero attached hydrogens (tertiary/aromatic N) is 3. The number of aryl methyl sites for hydroxylation is 1. The summed E-state index contributed by atoms with van der Waals surface area (Å²) in [6, 6.07) is 3.14. The fourth-order valence-corrected chi connectivity index (χ4v) is 3.80. The van der Waals surface area contributed by atoms with Gasteiger partial charge in [0.25, 0.3) is 5.91 Å². The number of carbonyl (C=O) groups is 2. The molecule has 3 heterocycles. The first-order chi connectivity index (χ1) is 12.4. The summed E-state index contributed by atoms with van der Waals surface area (Å²) >= 11 is 0. The first-order valence-electron chi connectivity index (χ1n) is 8.62. The van der Waals surface area contributed by atoms with Crippen LogP contribution >= 0.6 is 0 Å². The summed E-state index contributed by atoms with van der Waals surface area (Å²) in [6.07, 6.45) is 3.71. The van der Waals surface area contributed by atoms with Crippen LogP contribution in [0, 0.1) is 18.7 Å². The first kappa shape index (κ1) is 16.7. The minimum atomic E-state index is -0.797. The summed E-state index contributed by atoms with van der Waals surface area (Å²) in [5.41, 5.74) is 1.26. The van der Waals surface area contributed by atoms with Gasteiger partial charge in [0.2, 0.25) is 0 Å². The van der Waals surface area contributed by atoms with Crippen LogP contribution in [0.2, 0.25) is 0 Å². The molecule has 1 atom stereocenters. The van der Waals surface area contributed by atoms with Gasteiger partial charge in [-0.1, -0.05) is 0 Å². The number of hydrogen-bond donors (Lipinski definition) is 2. The van der Waals surface area contributed by atoms with Crippen molar-refractivity contribution in [1.82, 2.24) is 20.1 Å². The number of rotatable bonds is 3. The average molecular weight is 358 g/mol. The Hall–Kier alpha value is -2.77. The molecule has 1 saturated carbocycles. The number of halogens is 1. The Morgan fingerprint density at radius 3 is 2.85 bits per heavy atom. The van der Waals surface area contributed by atoms with Crippen molar-refractivity contribution in [2.45, 2.75) is 38.1 Å². The molecule has 4 rings (SSSR count). The lowest BCUT2D eigenvalue weighted by molar-refractivity contribution is -0.144. The van der Waals surface area contributed by atoms with E-state index in [1.807, 2.05) is 0 Å². The smallest absolute Gasteiger partial charge is 0.306 e. The third-order valence-electron chi connectivity index (χ3n) is 5.40. The number of aromatic nitrogens is 3. The van der Waals surface area contributed by atoms with Gasteiger partial charge in [0.05, 0.1) is 17.8 Å². The average Bonchev–Trinajstić information content (AvgIpc) is 3.19. The zero-order chi connectivity index (χ0) is 18.5. The molecule has 1 aliphatic carbocycles. The van der Waals surface area contributed by atoms with Gasteiger partial charge in [0.1, 0.15) is 0 Å². The fraction of sp³-hybridized carbons (Fsp3) is 0.444. The zero-order valence-corrected chi connectivity index (χ0v) is 14.3. The van der Waals surface area contributed by atoms with Crippen molar-refractivity contribution in [2.75, 3.05) is 6.54 Å². The van der Waals surface area contributed by atoms with Crippen LogP contribution in [0.15, 0.2) is 18.3 Å². The highest BCUT2D eigenvalue weighted by Gasteiger charge is 2.54. The van der Waals surface area contributed by atoms with Gasteiger partial charge in [-0.3, -0.25) is 19.7 Å². The molecule has 8 heteroatoms. The predicted molar refractivity (Wildman–Crippen MR) is 89.9 cm³/mol. The van der Waals surface area contributed by atoms with Crippen LogP contribution in [0.25, 0.3) is 11.3 Å². The minimum absolute atomic E-state index is 0.217. The van der Waals surface area contributed by atoms with Crippen LogP contribution in [-0.4, -0.2) is 49.1 Å². The number of carboxylic acid groups (broad SMARTS) is 1. The molecule has 0 unspecified atom stereocenters. The molecule has 2 N–H and O–H groups in total. The molecule has 1 spiro atoms. The molecular formula is C18H19FN4O3. The van der Waals surface area contributed by atoms with E-state index in [1.54, 1.807) is 24.0 Å². The summed E-state index contributed by atoms with van der Waals surface area (Å²) < 4.78 is 14.0. The highest BCUT2D eigenvalue weighted by molar-refractivity contribution is 5.94. The molecule has 1 saturated heterocycles. The molecule has 1 amide bonds. The topological polar surface area (TPSA) is 99.2 Å². The molecule has 26 heavy (non-hydrogen) atoms. The van der Waals surface area contributed by atoms with E-state index < -0.39 is 17.7 Å². The summed E-state index contributed by atoms with van der Waals surface area (Å²) in [4.78, 5) is 29.8. The Bertz CT molecular complexity index is 890. The number of aliphatic carboxylic acids is 1. The Kier molecular flexibility index (Phi) is 3.78. The van der Waals surface area contributed by atoms with Crippen molar-refractivity contribution in [3.63, 3.8) is 0 Å². The van der Waals surface area contributed by atoms with Crippen LogP contribution in [0.3, 0.4) is 0 Å². The lowest BCUT2D eigenvalue weighted by Gasteiger charge is -2.38. The first-order valence-corrected chi connectivity index (χ1v) is 8.62. The molecule has 2 fully saturated rings. The summed E-state index contributed by atoms with van der Waals surface area (Å²) in [5.74, 6) is -1.92. The maximum absolute atomic E-state index is 14.0. The summed E-state index contributed by atoms with van der Waals surface area (Å²) in [7, 11) is 0. The number of amides is 1. The van der Waals surface area contributed by atoms with E-state index in [1.165, 1.54) is 0 Å². The lowest BCUT2D eigenvalue weighted by Crippen LogP contribution is -2.49. The second-order valence-electron chi connectivity index (χ2n) is 7.18. The minimum Gasteiger partial charge on any atom is -0.481 e. The molecule has 0 bridgehead atoms. The molecule has 0 radical (unpaired) electrons. The van der Waals surface area contributed by atoms with Crippen LogP contribution < -0.4 is 0 Å². The Morgan fingerprint density at radius 1 is 1.38 bits per heavy atom.